The monoisotopic (exact) mass is 280 g/mol. The van der Waals surface area contributed by atoms with E-state index >= 15 is 0 Å². The van der Waals surface area contributed by atoms with E-state index in [2.05, 4.69) is 5.32 Å². The van der Waals surface area contributed by atoms with E-state index in [4.69, 9.17) is 0 Å². The average Bonchev–Trinajstić information content (AvgIpc) is 2.92. The quantitative estimate of drug-likeness (QED) is 0.895. The first-order valence-corrected chi connectivity index (χ1v) is 7.63. The Balaban J connectivity index is 1.99. The molecule has 0 saturated carbocycles. The molecule has 1 aromatic rings. The molecule has 1 heterocycles. The smallest absolute Gasteiger partial charge is 0.321 e. The van der Waals surface area contributed by atoms with Gasteiger partial charge in [0, 0.05) is 24.5 Å². The second-order valence-corrected chi connectivity index (χ2v) is 6.01. The van der Waals surface area contributed by atoms with Crippen LogP contribution in [-0.4, -0.2) is 40.6 Å². The summed E-state index contributed by atoms with van der Waals surface area (Å²) in [5.74, 6) is 2.14. The molecule has 2 amide bonds. The molecule has 0 aromatic heterocycles. The van der Waals surface area contributed by atoms with E-state index in [9.17, 15) is 9.90 Å². The van der Waals surface area contributed by atoms with Crippen molar-refractivity contribution in [1.82, 2.24) is 4.90 Å². The van der Waals surface area contributed by atoms with Crippen LogP contribution >= 0.6 is 11.8 Å². The van der Waals surface area contributed by atoms with Gasteiger partial charge in [-0.2, -0.15) is 11.8 Å². The van der Waals surface area contributed by atoms with Crippen LogP contribution in [-0.2, 0) is 0 Å². The number of hydrogen-bond acceptors (Lipinski definition) is 3. The van der Waals surface area contributed by atoms with Crippen molar-refractivity contribution >= 4 is 23.5 Å². The zero-order valence-corrected chi connectivity index (χ0v) is 12.1. The molecule has 19 heavy (non-hydrogen) atoms. The van der Waals surface area contributed by atoms with Gasteiger partial charge in [0.2, 0.25) is 0 Å². The van der Waals surface area contributed by atoms with Crippen molar-refractivity contribution < 1.29 is 9.90 Å². The molecular weight excluding hydrogens is 260 g/mol. The van der Waals surface area contributed by atoms with Gasteiger partial charge in [-0.3, -0.25) is 0 Å². The number of aliphatic hydroxyl groups is 1. The standard InChI is InChI=1S/C14H20N2O2S/c1-10(17)11-4-3-5-12(8-11)15-14(18)16(2)13-6-7-19-9-13/h3-5,8,10,13,17H,6-7,9H2,1-2H3,(H,15,18). The largest absolute Gasteiger partial charge is 0.389 e. The number of benzene rings is 1. The number of nitrogens with one attached hydrogen (secondary N) is 1. The molecule has 1 aromatic carbocycles. The van der Waals surface area contributed by atoms with Gasteiger partial charge in [0.1, 0.15) is 0 Å². The summed E-state index contributed by atoms with van der Waals surface area (Å²) < 4.78 is 0. The first-order chi connectivity index (χ1) is 9.08. The van der Waals surface area contributed by atoms with Gasteiger partial charge in [-0.25, -0.2) is 4.79 Å². The maximum atomic E-state index is 12.1. The van der Waals surface area contributed by atoms with E-state index in [1.54, 1.807) is 17.9 Å². The molecule has 0 bridgehead atoms. The maximum absolute atomic E-state index is 12.1. The SMILES string of the molecule is CC(O)c1cccc(NC(=O)N(C)C2CCSC2)c1. The summed E-state index contributed by atoms with van der Waals surface area (Å²) >= 11 is 1.89. The van der Waals surface area contributed by atoms with Crippen LogP contribution in [0.1, 0.15) is 25.0 Å². The first-order valence-electron chi connectivity index (χ1n) is 6.47. The molecule has 1 aliphatic heterocycles. The van der Waals surface area contributed by atoms with Crippen LogP contribution in [0, 0.1) is 0 Å². The summed E-state index contributed by atoms with van der Waals surface area (Å²) in [4.78, 5) is 13.9. The number of anilines is 1. The number of thioether (sulfide) groups is 1. The number of rotatable bonds is 3. The minimum Gasteiger partial charge on any atom is -0.389 e. The summed E-state index contributed by atoms with van der Waals surface area (Å²) in [6.07, 6.45) is 0.531. The van der Waals surface area contributed by atoms with Gasteiger partial charge in [-0.15, -0.1) is 0 Å². The zero-order valence-electron chi connectivity index (χ0n) is 11.3. The van der Waals surface area contributed by atoms with Crippen LogP contribution in [0.2, 0.25) is 0 Å². The maximum Gasteiger partial charge on any atom is 0.321 e. The van der Waals surface area contributed by atoms with Crippen molar-refractivity contribution in [2.75, 3.05) is 23.9 Å². The topological polar surface area (TPSA) is 52.6 Å². The number of aliphatic hydroxyl groups excluding tert-OH is 1. The lowest BCUT2D eigenvalue weighted by Crippen LogP contribution is -2.39. The molecule has 1 saturated heterocycles. The predicted molar refractivity (Wildman–Crippen MR) is 79.6 cm³/mol. The third-order valence-corrected chi connectivity index (χ3v) is 4.54. The van der Waals surface area contributed by atoms with E-state index in [0.29, 0.717) is 6.04 Å². The van der Waals surface area contributed by atoms with E-state index in [0.717, 1.165) is 29.2 Å². The van der Waals surface area contributed by atoms with Crippen LogP contribution in [0.15, 0.2) is 24.3 Å². The van der Waals surface area contributed by atoms with E-state index < -0.39 is 6.10 Å². The Kier molecular flexibility index (Phi) is 4.71. The lowest BCUT2D eigenvalue weighted by atomic mass is 10.1. The third kappa shape index (κ3) is 3.64. The molecule has 104 valence electrons. The van der Waals surface area contributed by atoms with Gasteiger partial charge in [0.25, 0.3) is 0 Å². The second-order valence-electron chi connectivity index (χ2n) is 4.86. The zero-order chi connectivity index (χ0) is 13.8. The Labute approximate surface area is 118 Å². The Morgan fingerprint density at radius 3 is 3.00 bits per heavy atom. The Hall–Kier alpha value is -1.20. The number of urea groups is 1. The fourth-order valence-electron chi connectivity index (χ4n) is 2.08. The number of nitrogens with zero attached hydrogens (tertiary/aromatic N) is 1. The van der Waals surface area contributed by atoms with Crippen LogP contribution in [0.5, 0.6) is 0 Å². The fraction of sp³-hybridized carbons (Fsp3) is 0.500. The van der Waals surface area contributed by atoms with Gasteiger partial charge in [-0.1, -0.05) is 12.1 Å². The van der Waals surface area contributed by atoms with Crippen molar-refractivity contribution in [1.29, 1.82) is 0 Å². The van der Waals surface area contributed by atoms with Crippen LogP contribution in [0.25, 0.3) is 0 Å². The second kappa shape index (κ2) is 6.30. The Morgan fingerprint density at radius 1 is 1.58 bits per heavy atom. The normalized spacial score (nSPS) is 20.1. The number of amides is 2. The molecule has 4 nitrogen and oxygen atoms in total. The highest BCUT2D eigenvalue weighted by Crippen LogP contribution is 2.22. The predicted octanol–water partition coefficient (Wildman–Crippen LogP) is 2.71. The van der Waals surface area contributed by atoms with Crippen molar-refractivity contribution in [3.63, 3.8) is 0 Å². The molecule has 0 radical (unpaired) electrons. The van der Waals surface area contributed by atoms with Gasteiger partial charge in [-0.05, 0) is 36.8 Å². The van der Waals surface area contributed by atoms with Gasteiger partial charge in [0.05, 0.1) is 6.10 Å². The molecule has 1 fully saturated rings. The summed E-state index contributed by atoms with van der Waals surface area (Å²) in [6, 6.07) is 7.56. The van der Waals surface area contributed by atoms with Gasteiger partial charge < -0.3 is 15.3 Å². The lowest BCUT2D eigenvalue weighted by molar-refractivity contribution is 0.199. The fourth-order valence-corrected chi connectivity index (χ4v) is 3.35. The van der Waals surface area contributed by atoms with E-state index in [1.165, 1.54) is 0 Å². The summed E-state index contributed by atoms with van der Waals surface area (Å²) in [7, 11) is 1.84. The minimum absolute atomic E-state index is 0.0877. The van der Waals surface area contributed by atoms with Gasteiger partial charge in [0.15, 0.2) is 0 Å². The molecule has 5 heteroatoms. The molecule has 2 N–H and O–H groups in total. The van der Waals surface area contributed by atoms with Crippen LogP contribution in [0.4, 0.5) is 10.5 Å². The molecule has 1 aliphatic rings. The van der Waals surface area contributed by atoms with Crippen molar-refractivity contribution in [2.45, 2.75) is 25.5 Å². The molecule has 2 unspecified atom stereocenters. The van der Waals surface area contributed by atoms with Crippen LogP contribution < -0.4 is 5.32 Å². The number of carbonyl (C=O) groups excluding carboxylic acids is 1. The highest BCUT2D eigenvalue weighted by molar-refractivity contribution is 7.99. The van der Waals surface area contributed by atoms with Crippen molar-refractivity contribution in [3.05, 3.63) is 29.8 Å². The minimum atomic E-state index is -0.527. The molecule has 0 spiro atoms. The molecule has 2 atom stereocenters. The van der Waals surface area contributed by atoms with E-state index in [-0.39, 0.29) is 6.03 Å². The third-order valence-electron chi connectivity index (χ3n) is 3.39. The van der Waals surface area contributed by atoms with Crippen molar-refractivity contribution in [2.24, 2.45) is 0 Å². The summed E-state index contributed by atoms with van der Waals surface area (Å²) in [6.45, 7) is 1.71. The first kappa shape index (κ1) is 14.2. The Morgan fingerprint density at radius 2 is 2.37 bits per heavy atom. The number of hydrogen-bond donors (Lipinski definition) is 2. The molecular formula is C14H20N2O2S. The highest BCUT2D eigenvalue weighted by atomic mass is 32.2. The molecule has 2 rings (SSSR count). The average molecular weight is 280 g/mol. The molecule has 0 aliphatic carbocycles. The van der Waals surface area contributed by atoms with Crippen LogP contribution in [0.3, 0.4) is 0 Å². The lowest BCUT2D eigenvalue weighted by Gasteiger charge is -2.24. The van der Waals surface area contributed by atoms with Crippen molar-refractivity contribution in [3.8, 4) is 0 Å². The number of carbonyl (C=O) groups is 1. The van der Waals surface area contributed by atoms with Gasteiger partial charge >= 0.3 is 6.03 Å². The Bertz CT molecular complexity index is 445. The van der Waals surface area contributed by atoms with E-state index in [1.807, 2.05) is 37.0 Å². The highest BCUT2D eigenvalue weighted by Gasteiger charge is 2.23. The summed E-state index contributed by atoms with van der Waals surface area (Å²) in [5, 5.41) is 12.4. The summed E-state index contributed by atoms with van der Waals surface area (Å²) in [5.41, 5.74) is 1.53.